The zero-order valence-electron chi connectivity index (χ0n) is 12.5. The first kappa shape index (κ1) is 14.4. The molecular weight excluding hydrogens is 308 g/mol. The molecule has 2 fully saturated rings. The zero-order valence-corrected chi connectivity index (χ0v) is 13.3. The molecule has 2 aliphatic heterocycles. The van der Waals surface area contributed by atoms with Crippen LogP contribution in [0.2, 0.25) is 0 Å². The molecule has 5 nitrogen and oxygen atoms in total. The summed E-state index contributed by atoms with van der Waals surface area (Å²) in [4.78, 5) is 17.4. The second kappa shape index (κ2) is 5.76. The van der Waals surface area contributed by atoms with E-state index in [1.165, 1.54) is 17.8 Å². The van der Waals surface area contributed by atoms with Crippen molar-refractivity contribution in [2.24, 2.45) is 0 Å². The van der Waals surface area contributed by atoms with Crippen molar-refractivity contribution in [3.63, 3.8) is 0 Å². The molecule has 4 rings (SSSR count). The zero-order chi connectivity index (χ0) is 15.8. The lowest BCUT2D eigenvalue weighted by Gasteiger charge is -2.20. The van der Waals surface area contributed by atoms with Gasteiger partial charge in [-0.2, -0.15) is 5.26 Å². The van der Waals surface area contributed by atoms with Gasteiger partial charge in [-0.05, 0) is 31.4 Å². The molecule has 1 aromatic carbocycles. The Kier molecular flexibility index (Phi) is 3.60. The summed E-state index contributed by atoms with van der Waals surface area (Å²) in [5.41, 5.74) is 1.54. The van der Waals surface area contributed by atoms with Crippen LogP contribution in [0.5, 0.6) is 0 Å². The van der Waals surface area contributed by atoms with Gasteiger partial charge in [-0.1, -0.05) is 12.1 Å². The Morgan fingerprint density at radius 1 is 1.35 bits per heavy atom. The van der Waals surface area contributed by atoms with Crippen LogP contribution in [0, 0.1) is 11.3 Å². The van der Waals surface area contributed by atoms with Gasteiger partial charge in [0, 0.05) is 23.7 Å². The molecule has 1 amide bonds. The van der Waals surface area contributed by atoms with Crippen LogP contribution in [0.25, 0.3) is 10.6 Å². The summed E-state index contributed by atoms with van der Waals surface area (Å²) in [7, 11) is 0. The van der Waals surface area contributed by atoms with Gasteiger partial charge < -0.3 is 10.6 Å². The van der Waals surface area contributed by atoms with Crippen molar-refractivity contribution in [1.29, 1.82) is 5.26 Å². The first-order chi connectivity index (χ1) is 11.2. The SMILES string of the molecule is N#Cc1ccc(-c2ncc(C(=O)NC3CC4CCC3N4)s2)cc1. The molecule has 3 unspecified atom stereocenters. The van der Waals surface area contributed by atoms with E-state index in [0.717, 1.165) is 23.4 Å². The van der Waals surface area contributed by atoms with Crippen molar-refractivity contribution in [2.75, 3.05) is 0 Å². The summed E-state index contributed by atoms with van der Waals surface area (Å²) in [6.45, 7) is 0. The van der Waals surface area contributed by atoms with E-state index in [2.05, 4.69) is 21.7 Å². The molecule has 2 saturated heterocycles. The first-order valence-corrected chi connectivity index (χ1v) is 8.58. The molecule has 6 heteroatoms. The molecule has 2 aliphatic rings. The normalized spacial score (nSPS) is 25.3. The van der Waals surface area contributed by atoms with Crippen molar-refractivity contribution >= 4 is 17.2 Å². The highest BCUT2D eigenvalue weighted by molar-refractivity contribution is 7.16. The number of benzene rings is 1. The molecule has 2 N–H and O–H groups in total. The van der Waals surface area contributed by atoms with Crippen LogP contribution in [0.4, 0.5) is 0 Å². The number of carbonyl (C=O) groups excluding carboxylic acids is 1. The molecule has 0 aliphatic carbocycles. The van der Waals surface area contributed by atoms with Crippen LogP contribution in [0.1, 0.15) is 34.5 Å². The van der Waals surface area contributed by atoms with Gasteiger partial charge in [0.2, 0.25) is 0 Å². The topological polar surface area (TPSA) is 77.8 Å². The lowest BCUT2D eigenvalue weighted by molar-refractivity contribution is 0.0935. The van der Waals surface area contributed by atoms with Crippen molar-refractivity contribution in [2.45, 2.75) is 37.4 Å². The molecule has 1 aromatic heterocycles. The lowest BCUT2D eigenvalue weighted by atomic mass is 9.95. The van der Waals surface area contributed by atoms with E-state index in [1.54, 1.807) is 18.3 Å². The first-order valence-electron chi connectivity index (χ1n) is 7.76. The molecule has 116 valence electrons. The Hall–Kier alpha value is -2.23. The van der Waals surface area contributed by atoms with Crippen molar-refractivity contribution in [3.05, 3.63) is 40.9 Å². The highest BCUT2D eigenvalue weighted by atomic mass is 32.1. The van der Waals surface area contributed by atoms with Crippen molar-refractivity contribution in [1.82, 2.24) is 15.6 Å². The van der Waals surface area contributed by atoms with Crippen molar-refractivity contribution in [3.8, 4) is 16.6 Å². The Bertz CT molecular complexity index is 777. The monoisotopic (exact) mass is 324 g/mol. The predicted molar refractivity (Wildman–Crippen MR) is 88.1 cm³/mol. The fourth-order valence-electron chi connectivity index (χ4n) is 3.42. The molecule has 3 atom stereocenters. The third kappa shape index (κ3) is 2.74. The van der Waals surface area contributed by atoms with Gasteiger partial charge in [0.1, 0.15) is 9.88 Å². The third-order valence-corrected chi connectivity index (χ3v) is 5.65. The number of carbonyl (C=O) groups is 1. The van der Waals surface area contributed by atoms with E-state index in [4.69, 9.17) is 5.26 Å². The maximum Gasteiger partial charge on any atom is 0.263 e. The van der Waals surface area contributed by atoms with Crippen LogP contribution in [-0.2, 0) is 0 Å². The van der Waals surface area contributed by atoms with Gasteiger partial charge >= 0.3 is 0 Å². The number of hydrogen-bond acceptors (Lipinski definition) is 5. The molecule has 2 aromatic rings. The number of thiazole rings is 1. The predicted octanol–water partition coefficient (Wildman–Crippen LogP) is 2.30. The van der Waals surface area contributed by atoms with Gasteiger partial charge in [-0.25, -0.2) is 4.98 Å². The van der Waals surface area contributed by atoms with E-state index in [1.807, 2.05) is 12.1 Å². The second-order valence-electron chi connectivity index (χ2n) is 6.08. The Morgan fingerprint density at radius 3 is 2.83 bits per heavy atom. The van der Waals surface area contributed by atoms with Gasteiger partial charge in [0.05, 0.1) is 17.8 Å². The number of amides is 1. The fourth-order valence-corrected chi connectivity index (χ4v) is 4.25. The average molecular weight is 324 g/mol. The summed E-state index contributed by atoms with van der Waals surface area (Å²) in [5, 5.41) is 16.3. The highest BCUT2D eigenvalue weighted by Gasteiger charge is 2.39. The maximum atomic E-state index is 12.4. The van der Waals surface area contributed by atoms with Crippen LogP contribution >= 0.6 is 11.3 Å². The summed E-state index contributed by atoms with van der Waals surface area (Å²) in [6, 6.07) is 10.6. The minimum absolute atomic E-state index is 0.0401. The van der Waals surface area contributed by atoms with Crippen LogP contribution in [0.15, 0.2) is 30.5 Å². The minimum Gasteiger partial charge on any atom is -0.347 e. The summed E-state index contributed by atoms with van der Waals surface area (Å²) < 4.78 is 0. The van der Waals surface area contributed by atoms with Crippen LogP contribution in [-0.4, -0.2) is 29.0 Å². The summed E-state index contributed by atoms with van der Waals surface area (Å²) in [6.07, 6.45) is 5.03. The number of nitriles is 1. The van der Waals surface area contributed by atoms with E-state index < -0.39 is 0 Å². The van der Waals surface area contributed by atoms with Gasteiger partial charge in [0.25, 0.3) is 5.91 Å². The number of rotatable bonds is 3. The van der Waals surface area contributed by atoms with Gasteiger partial charge in [0.15, 0.2) is 0 Å². The van der Waals surface area contributed by atoms with E-state index in [0.29, 0.717) is 22.5 Å². The molecular formula is C17H16N4OS. The average Bonchev–Trinajstić information content (AvgIpc) is 3.31. The fraction of sp³-hybridized carbons (Fsp3) is 0.353. The second-order valence-corrected chi connectivity index (χ2v) is 7.11. The molecule has 0 spiro atoms. The number of aromatic nitrogens is 1. The smallest absolute Gasteiger partial charge is 0.263 e. The summed E-state index contributed by atoms with van der Waals surface area (Å²) in [5.74, 6) is -0.0401. The van der Waals surface area contributed by atoms with E-state index >= 15 is 0 Å². The highest BCUT2D eigenvalue weighted by Crippen LogP contribution is 2.29. The number of nitrogens with zero attached hydrogens (tertiary/aromatic N) is 2. The lowest BCUT2D eigenvalue weighted by Crippen LogP contribution is -2.42. The summed E-state index contributed by atoms with van der Waals surface area (Å²) >= 11 is 1.38. The number of fused-ring (bicyclic) bond motifs is 2. The molecule has 0 radical (unpaired) electrons. The van der Waals surface area contributed by atoms with Crippen molar-refractivity contribution < 1.29 is 4.79 Å². The van der Waals surface area contributed by atoms with Gasteiger partial charge in [-0.3, -0.25) is 4.79 Å². The third-order valence-electron chi connectivity index (χ3n) is 4.61. The quantitative estimate of drug-likeness (QED) is 0.908. The molecule has 3 heterocycles. The Morgan fingerprint density at radius 2 is 2.17 bits per heavy atom. The van der Waals surface area contributed by atoms with Gasteiger partial charge in [-0.15, -0.1) is 11.3 Å². The van der Waals surface area contributed by atoms with Crippen LogP contribution < -0.4 is 10.6 Å². The Balaban J connectivity index is 1.46. The standard InChI is InChI=1S/C17H16N4OS/c18-8-10-1-3-11(4-2-10)17-19-9-15(23-17)16(22)21-14-7-12-5-6-13(14)20-12/h1-4,9,12-14,20H,5-7H2,(H,21,22). The largest absolute Gasteiger partial charge is 0.347 e. The van der Waals surface area contributed by atoms with E-state index in [9.17, 15) is 4.79 Å². The number of hydrogen-bond donors (Lipinski definition) is 2. The van der Waals surface area contributed by atoms with Crippen LogP contribution in [0.3, 0.4) is 0 Å². The minimum atomic E-state index is -0.0401. The molecule has 0 saturated carbocycles. The molecule has 2 bridgehead atoms. The number of nitrogens with one attached hydrogen (secondary N) is 2. The molecule has 23 heavy (non-hydrogen) atoms. The van der Waals surface area contributed by atoms with E-state index in [-0.39, 0.29) is 11.9 Å². The Labute approximate surface area is 138 Å². The maximum absolute atomic E-state index is 12.4.